The van der Waals surface area contributed by atoms with Gasteiger partial charge in [-0.1, -0.05) is 0 Å². The molecule has 4 nitrogen and oxygen atoms in total. The van der Waals surface area contributed by atoms with E-state index in [1.165, 1.54) is 12.7 Å². The zero-order valence-electron chi connectivity index (χ0n) is 11.7. The highest BCUT2D eigenvalue weighted by atomic mass is 32.2. The van der Waals surface area contributed by atoms with Crippen LogP contribution in [0.4, 0.5) is 0 Å². The molecule has 0 aromatic carbocycles. The number of nitrogens with zero attached hydrogens (tertiary/aromatic N) is 2. The van der Waals surface area contributed by atoms with Crippen LogP contribution < -0.4 is 0 Å². The van der Waals surface area contributed by atoms with E-state index >= 15 is 0 Å². The Kier molecular flexibility index (Phi) is 4.60. The van der Waals surface area contributed by atoms with Gasteiger partial charge in [-0.25, -0.2) is 8.42 Å². The molecule has 0 aliphatic carbocycles. The van der Waals surface area contributed by atoms with Crippen LogP contribution in [0.2, 0.25) is 0 Å². The summed E-state index contributed by atoms with van der Waals surface area (Å²) in [6.45, 7) is 7.30. The van der Waals surface area contributed by atoms with E-state index < -0.39 is 9.84 Å². The molecule has 0 spiro atoms. The van der Waals surface area contributed by atoms with Crippen molar-refractivity contribution >= 4 is 9.84 Å². The van der Waals surface area contributed by atoms with Gasteiger partial charge in [-0.3, -0.25) is 0 Å². The zero-order valence-corrected chi connectivity index (χ0v) is 12.5. The fraction of sp³-hybridized carbons (Fsp3) is 1.00. The van der Waals surface area contributed by atoms with E-state index in [-0.39, 0.29) is 11.3 Å². The average Bonchev–Trinajstić information content (AvgIpc) is 2.41. The highest BCUT2D eigenvalue weighted by Crippen LogP contribution is 2.33. The number of sulfone groups is 1. The maximum Gasteiger partial charge on any atom is 0.148 e. The maximum absolute atomic E-state index is 11.1. The summed E-state index contributed by atoms with van der Waals surface area (Å²) in [7, 11) is 1.33. The topological polar surface area (TPSA) is 40.6 Å². The predicted octanol–water partition coefficient (Wildman–Crippen LogP) is 0.693. The minimum Gasteiger partial charge on any atom is -0.305 e. The fourth-order valence-corrected chi connectivity index (χ4v) is 3.05. The first-order valence-corrected chi connectivity index (χ1v) is 8.26. The second-order valence-corrected chi connectivity index (χ2v) is 8.21. The van der Waals surface area contributed by atoms with Crippen molar-refractivity contribution in [3.63, 3.8) is 0 Å². The molecule has 0 amide bonds. The fourth-order valence-electron chi connectivity index (χ4n) is 2.41. The Morgan fingerprint density at radius 1 is 1.41 bits per heavy atom. The van der Waals surface area contributed by atoms with Gasteiger partial charge < -0.3 is 9.80 Å². The van der Waals surface area contributed by atoms with Crippen molar-refractivity contribution in [1.82, 2.24) is 9.80 Å². The average molecular weight is 262 g/mol. The molecule has 102 valence electrons. The normalized spacial score (nSPS) is 25.6. The largest absolute Gasteiger partial charge is 0.305 e. The third kappa shape index (κ3) is 4.23. The van der Waals surface area contributed by atoms with Crippen molar-refractivity contribution in [2.45, 2.75) is 25.8 Å². The van der Waals surface area contributed by atoms with Gasteiger partial charge in [0.15, 0.2) is 0 Å². The Hall–Kier alpha value is -0.130. The summed E-state index contributed by atoms with van der Waals surface area (Å²) in [6, 6.07) is 0. The zero-order chi connectivity index (χ0) is 13.3. The molecule has 0 saturated carbocycles. The van der Waals surface area contributed by atoms with Gasteiger partial charge >= 0.3 is 0 Å². The van der Waals surface area contributed by atoms with Crippen molar-refractivity contribution in [2.24, 2.45) is 5.92 Å². The third-order valence-corrected chi connectivity index (χ3v) is 5.10. The van der Waals surface area contributed by atoms with Gasteiger partial charge in [0.25, 0.3) is 0 Å². The second kappa shape index (κ2) is 5.24. The molecule has 0 bridgehead atoms. The lowest BCUT2D eigenvalue weighted by molar-refractivity contribution is 0.144. The SMILES string of the molecule is CN(CCS(C)(=O)=O)CC1CCN(C)C1(C)C. The van der Waals surface area contributed by atoms with Gasteiger partial charge in [0.1, 0.15) is 9.84 Å². The van der Waals surface area contributed by atoms with Crippen molar-refractivity contribution in [3.8, 4) is 0 Å². The summed E-state index contributed by atoms with van der Waals surface area (Å²) in [4.78, 5) is 4.54. The molecule has 17 heavy (non-hydrogen) atoms. The van der Waals surface area contributed by atoms with Gasteiger partial charge in [-0.15, -0.1) is 0 Å². The molecule has 0 N–H and O–H groups in total. The van der Waals surface area contributed by atoms with Crippen molar-refractivity contribution in [3.05, 3.63) is 0 Å². The molecule has 1 atom stereocenters. The Balaban J connectivity index is 2.44. The summed E-state index contributed by atoms with van der Waals surface area (Å²) in [5.74, 6) is 0.879. The molecule has 1 saturated heterocycles. The highest BCUT2D eigenvalue weighted by Gasteiger charge is 2.39. The van der Waals surface area contributed by atoms with Crippen LogP contribution >= 0.6 is 0 Å². The quantitative estimate of drug-likeness (QED) is 0.731. The standard InChI is InChI=1S/C12H26N2O2S/c1-12(2)11(6-7-14(12)4)10-13(3)8-9-17(5,15)16/h11H,6-10H2,1-5H3. The lowest BCUT2D eigenvalue weighted by Gasteiger charge is -2.35. The van der Waals surface area contributed by atoms with E-state index in [2.05, 4.69) is 30.7 Å². The number of hydrogen-bond acceptors (Lipinski definition) is 4. The first-order valence-electron chi connectivity index (χ1n) is 6.20. The molecule has 1 aliphatic rings. The van der Waals surface area contributed by atoms with Crippen LogP contribution in [0.3, 0.4) is 0 Å². The van der Waals surface area contributed by atoms with Gasteiger partial charge in [0.2, 0.25) is 0 Å². The van der Waals surface area contributed by atoms with Crippen molar-refractivity contribution in [2.75, 3.05) is 45.7 Å². The minimum atomic E-state index is -2.84. The van der Waals surface area contributed by atoms with Crippen LogP contribution in [0.5, 0.6) is 0 Å². The lowest BCUT2D eigenvalue weighted by atomic mass is 9.88. The van der Waals surface area contributed by atoms with Crippen LogP contribution in [0.25, 0.3) is 0 Å². The van der Waals surface area contributed by atoms with E-state index in [0.29, 0.717) is 12.5 Å². The van der Waals surface area contributed by atoms with Crippen molar-refractivity contribution in [1.29, 1.82) is 0 Å². The molecule has 0 aromatic heterocycles. The van der Waals surface area contributed by atoms with E-state index in [4.69, 9.17) is 0 Å². The van der Waals surface area contributed by atoms with E-state index in [1.54, 1.807) is 0 Å². The Morgan fingerprint density at radius 3 is 2.41 bits per heavy atom. The Bertz CT molecular complexity index is 352. The van der Waals surface area contributed by atoms with E-state index in [9.17, 15) is 8.42 Å². The Labute approximate surface area is 106 Å². The molecule has 0 aromatic rings. The predicted molar refractivity (Wildman–Crippen MR) is 72.0 cm³/mol. The van der Waals surface area contributed by atoms with Crippen LogP contribution in [-0.4, -0.2) is 69.5 Å². The first-order chi connectivity index (χ1) is 7.63. The lowest BCUT2D eigenvalue weighted by Crippen LogP contribution is -2.44. The minimum absolute atomic E-state index is 0.222. The highest BCUT2D eigenvalue weighted by molar-refractivity contribution is 7.90. The van der Waals surface area contributed by atoms with Crippen LogP contribution in [0, 0.1) is 5.92 Å². The van der Waals surface area contributed by atoms with Gasteiger partial charge in [0.05, 0.1) is 5.75 Å². The van der Waals surface area contributed by atoms with E-state index in [0.717, 1.165) is 13.1 Å². The maximum atomic E-state index is 11.1. The molecular formula is C12H26N2O2S. The third-order valence-electron chi connectivity index (χ3n) is 4.17. The number of rotatable bonds is 5. The molecule has 1 rings (SSSR count). The summed E-state index contributed by atoms with van der Waals surface area (Å²) >= 11 is 0. The number of likely N-dealkylation sites (tertiary alicyclic amines) is 1. The molecule has 1 aliphatic heterocycles. The van der Waals surface area contributed by atoms with Crippen molar-refractivity contribution < 1.29 is 8.42 Å². The molecule has 1 fully saturated rings. The molecular weight excluding hydrogens is 236 g/mol. The smallest absolute Gasteiger partial charge is 0.148 e. The monoisotopic (exact) mass is 262 g/mol. The van der Waals surface area contributed by atoms with Crippen LogP contribution in [0.1, 0.15) is 20.3 Å². The van der Waals surface area contributed by atoms with E-state index in [1.807, 2.05) is 7.05 Å². The molecule has 0 radical (unpaired) electrons. The summed E-state index contributed by atoms with van der Waals surface area (Å²) in [5, 5.41) is 0. The first kappa shape index (κ1) is 14.9. The molecule has 5 heteroatoms. The summed E-state index contributed by atoms with van der Waals surface area (Å²) < 4.78 is 22.2. The molecule has 1 unspecified atom stereocenters. The van der Waals surface area contributed by atoms with Gasteiger partial charge in [-0.2, -0.15) is 0 Å². The summed E-state index contributed by atoms with van der Waals surface area (Å²) in [5.41, 5.74) is 0.222. The van der Waals surface area contributed by atoms with Crippen LogP contribution in [0.15, 0.2) is 0 Å². The summed E-state index contributed by atoms with van der Waals surface area (Å²) in [6.07, 6.45) is 2.50. The number of hydrogen-bond donors (Lipinski definition) is 0. The second-order valence-electron chi connectivity index (χ2n) is 5.95. The van der Waals surface area contributed by atoms with Crippen LogP contribution in [-0.2, 0) is 9.84 Å². The Morgan fingerprint density at radius 2 is 2.00 bits per heavy atom. The van der Waals surface area contributed by atoms with Gasteiger partial charge in [-0.05, 0) is 46.8 Å². The molecule has 1 heterocycles. The van der Waals surface area contributed by atoms with Gasteiger partial charge in [0, 0.05) is 24.9 Å².